The van der Waals surface area contributed by atoms with E-state index in [2.05, 4.69) is 10.4 Å². The number of aliphatic carboxylic acids is 1. The number of rotatable bonds is 5. The number of carboxylic acids is 1. The number of hydrogen-bond acceptors (Lipinski definition) is 6. The van der Waals surface area contributed by atoms with Gasteiger partial charge in [-0.15, -0.1) is 11.3 Å². The summed E-state index contributed by atoms with van der Waals surface area (Å²) in [5.74, 6) is -1.55. The first-order chi connectivity index (χ1) is 10.5. The Balaban J connectivity index is 2.17. The third kappa shape index (κ3) is 3.59. The highest BCUT2D eigenvalue weighted by atomic mass is 32.2. The molecule has 1 amide bonds. The Hall–Kier alpha value is -2.20. The molecule has 2 aromatic rings. The van der Waals surface area contributed by atoms with Gasteiger partial charge in [-0.3, -0.25) is 9.48 Å². The minimum atomic E-state index is -3.36. The van der Waals surface area contributed by atoms with E-state index in [4.69, 9.17) is 5.11 Å². The van der Waals surface area contributed by atoms with Crippen molar-refractivity contribution in [3.63, 3.8) is 0 Å². The fourth-order valence-electron chi connectivity index (χ4n) is 1.63. The lowest BCUT2D eigenvalue weighted by Gasteiger charge is -2.19. The predicted molar refractivity (Wildman–Crippen MR) is 84.6 cm³/mol. The number of sulfone groups is 1. The van der Waals surface area contributed by atoms with E-state index in [9.17, 15) is 18.0 Å². The van der Waals surface area contributed by atoms with Crippen LogP contribution in [0.4, 0.5) is 5.69 Å². The van der Waals surface area contributed by atoms with Crippen molar-refractivity contribution in [3.8, 4) is 0 Å². The first-order valence-electron chi connectivity index (χ1n) is 6.41. The molecule has 0 atom stereocenters. The first-order valence-corrected chi connectivity index (χ1v) is 9.12. The van der Waals surface area contributed by atoms with Gasteiger partial charge in [0.2, 0.25) is 0 Å². The molecule has 2 N–H and O–H groups in total. The quantitative estimate of drug-likeness (QED) is 0.835. The zero-order valence-corrected chi connectivity index (χ0v) is 14.2. The third-order valence-corrected chi connectivity index (χ3v) is 6.01. The van der Waals surface area contributed by atoms with Crippen LogP contribution < -0.4 is 5.32 Å². The van der Waals surface area contributed by atoms with Gasteiger partial charge in [0.05, 0.1) is 16.8 Å². The molecule has 0 bridgehead atoms. The molecule has 23 heavy (non-hydrogen) atoms. The van der Waals surface area contributed by atoms with Crippen molar-refractivity contribution in [2.45, 2.75) is 23.6 Å². The summed E-state index contributed by atoms with van der Waals surface area (Å²) in [6, 6.07) is 2.79. The fourth-order valence-corrected chi connectivity index (χ4v) is 3.45. The number of nitrogens with zero attached hydrogens (tertiary/aromatic N) is 2. The highest BCUT2D eigenvalue weighted by Crippen LogP contribution is 2.23. The van der Waals surface area contributed by atoms with E-state index in [0.717, 1.165) is 17.6 Å². The Kier molecular flexibility index (Phi) is 4.31. The lowest BCUT2D eigenvalue weighted by atomic mass is 10.1. The van der Waals surface area contributed by atoms with Crippen LogP contribution in [-0.4, -0.2) is 41.4 Å². The van der Waals surface area contributed by atoms with Crippen LogP contribution in [0.5, 0.6) is 0 Å². The smallest absolute Gasteiger partial charge is 0.331 e. The molecule has 0 aliphatic rings. The van der Waals surface area contributed by atoms with Crippen molar-refractivity contribution in [3.05, 3.63) is 29.4 Å². The number of hydrogen-bond donors (Lipinski definition) is 2. The fraction of sp³-hybridized carbons (Fsp3) is 0.308. The van der Waals surface area contributed by atoms with Crippen LogP contribution in [0.25, 0.3) is 0 Å². The van der Waals surface area contributed by atoms with Crippen LogP contribution in [-0.2, 0) is 20.2 Å². The number of nitrogens with one attached hydrogen (secondary N) is 1. The van der Waals surface area contributed by atoms with E-state index in [0.29, 0.717) is 5.69 Å². The van der Waals surface area contributed by atoms with Gasteiger partial charge in [-0.1, -0.05) is 0 Å². The second-order valence-electron chi connectivity index (χ2n) is 5.38. The molecular formula is C13H15N3O5S2. The van der Waals surface area contributed by atoms with Gasteiger partial charge in [-0.2, -0.15) is 5.10 Å². The van der Waals surface area contributed by atoms with Gasteiger partial charge < -0.3 is 10.4 Å². The van der Waals surface area contributed by atoms with Crippen molar-refractivity contribution in [2.24, 2.45) is 0 Å². The third-order valence-electron chi connectivity index (χ3n) is 3.11. The normalized spacial score (nSPS) is 12.1. The monoisotopic (exact) mass is 357 g/mol. The number of aromatic nitrogens is 2. The van der Waals surface area contributed by atoms with Crippen LogP contribution in [0.1, 0.15) is 23.5 Å². The maximum Gasteiger partial charge on any atom is 0.331 e. The van der Waals surface area contributed by atoms with Crippen molar-refractivity contribution in [1.29, 1.82) is 0 Å². The zero-order chi connectivity index (χ0) is 17.4. The van der Waals surface area contributed by atoms with Crippen LogP contribution in [0.2, 0.25) is 0 Å². The number of carbonyl (C=O) groups is 2. The van der Waals surface area contributed by atoms with Gasteiger partial charge in [0.25, 0.3) is 5.91 Å². The second kappa shape index (κ2) is 5.78. The molecular weight excluding hydrogens is 342 g/mol. The largest absolute Gasteiger partial charge is 0.479 e. The average Bonchev–Trinajstić information content (AvgIpc) is 3.06. The standard InChI is InChI=1S/C13H15N3O5S2/c1-13(2,12(18)19)16-7-8(6-14-16)15-11(17)9-4-5-10(22-9)23(3,20)21/h4-7H,1-3H3,(H,15,17)(H,18,19). The molecule has 0 spiro atoms. The zero-order valence-electron chi connectivity index (χ0n) is 12.6. The van der Waals surface area contributed by atoms with E-state index in [1.54, 1.807) is 0 Å². The summed E-state index contributed by atoms with van der Waals surface area (Å²) in [6.45, 7) is 2.96. The number of thiophene rings is 1. The maximum absolute atomic E-state index is 12.1. The predicted octanol–water partition coefficient (Wildman–Crippen LogP) is 1.42. The van der Waals surface area contributed by atoms with Crippen molar-refractivity contribution < 1.29 is 23.1 Å². The van der Waals surface area contributed by atoms with Crippen molar-refractivity contribution in [2.75, 3.05) is 11.6 Å². The summed E-state index contributed by atoms with van der Waals surface area (Å²) in [4.78, 5) is 23.5. The molecule has 0 aliphatic carbocycles. The number of carboxylic acid groups (broad SMARTS) is 1. The Morgan fingerprint density at radius 1 is 1.35 bits per heavy atom. The van der Waals surface area contributed by atoms with E-state index < -0.39 is 27.3 Å². The molecule has 2 heterocycles. The molecule has 0 unspecified atom stereocenters. The number of anilines is 1. The summed E-state index contributed by atoms with van der Waals surface area (Å²) in [5, 5.41) is 15.6. The molecule has 124 valence electrons. The summed E-state index contributed by atoms with van der Waals surface area (Å²) in [7, 11) is -3.36. The molecule has 0 saturated carbocycles. The van der Waals surface area contributed by atoms with Crippen LogP contribution >= 0.6 is 11.3 Å². The highest BCUT2D eigenvalue weighted by Gasteiger charge is 2.30. The SMILES string of the molecule is CC(C)(C(=O)O)n1cc(NC(=O)c2ccc(S(C)(=O)=O)s2)cn1. The molecule has 10 heteroatoms. The van der Waals surface area contributed by atoms with Gasteiger partial charge in [-0.25, -0.2) is 13.2 Å². The van der Waals surface area contributed by atoms with Crippen molar-refractivity contribution >= 4 is 38.7 Å². The van der Waals surface area contributed by atoms with E-state index >= 15 is 0 Å². The minimum Gasteiger partial charge on any atom is -0.479 e. The van der Waals surface area contributed by atoms with Gasteiger partial charge in [0.15, 0.2) is 15.4 Å². The van der Waals surface area contributed by atoms with Gasteiger partial charge in [-0.05, 0) is 26.0 Å². The molecule has 0 aromatic carbocycles. The second-order valence-corrected chi connectivity index (χ2v) is 8.71. The Morgan fingerprint density at radius 3 is 2.52 bits per heavy atom. The highest BCUT2D eigenvalue weighted by molar-refractivity contribution is 7.92. The first kappa shape index (κ1) is 17.2. The summed E-state index contributed by atoms with van der Waals surface area (Å²) >= 11 is 0.863. The van der Waals surface area contributed by atoms with Gasteiger partial charge in [0, 0.05) is 12.5 Å². The Labute approximate surface area is 136 Å². The van der Waals surface area contributed by atoms with E-state index in [1.165, 1.54) is 43.1 Å². The molecule has 2 rings (SSSR count). The molecule has 2 aromatic heterocycles. The van der Waals surface area contributed by atoms with E-state index in [-0.39, 0.29) is 9.09 Å². The molecule has 0 aliphatic heterocycles. The summed E-state index contributed by atoms with van der Waals surface area (Å²) in [6.07, 6.45) is 3.79. The topological polar surface area (TPSA) is 118 Å². The van der Waals surface area contributed by atoms with Gasteiger partial charge >= 0.3 is 5.97 Å². The number of amides is 1. The van der Waals surface area contributed by atoms with Crippen molar-refractivity contribution in [1.82, 2.24) is 9.78 Å². The summed E-state index contributed by atoms with van der Waals surface area (Å²) < 4.78 is 24.2. The van der Waals surface area contributed by atoms with Crippen LogP contribution in [0.3, 0.4) is 0 Å². The number of carbonyl (C=O) groups excluding carboxylic acids is 1. The maximum atomic E-state index is 12.1. The minimum absolute atomic E-state index is 0.102. The summed E-state index contributed by atoms with van der Waals surface area (Å²) in [5.41, 5.74) is -0.936. The molecule has 0 radical (unpaired) electrons. The van der Waals surface area contributed by atoms with Crippen LogP contribution in [0, 0.1) is 0 Å². The molecule has 0 saturated heterocycles. The molecule has 8 nitrogen and oxygen atoms in total. The average molecular weight is 357 g/mol. The Morgan fingerprint density at radius 2 is 2.00 bits per heavy atom. The molecule has 0 fully saturated rings. The van der Waals surface area contributed by atoms with Gasteiger partial charge in [0.1, 0.15) is 4.21 Å². The lowest BCUT2D eigenvalue weighted by molar-refractivity contribution is -0.146. The van der Waals surface area contributed by atoms with E-state index in [1.807, 2.05) is 0 Å². The lowest BCUT2D eigenvalue weighted by Crippen LogP contribution is -2.35. The Bertz CT molecular complexity index is 864. The van der Waals surface area contributed by atoms with Crippen LogP contribution in [0.15, 0.2) is 28.7 Å².